The van der Waals surface area contributed by atoms with Crippen molar-refractivity contribution >= 4 is 11.7 Å². The van der Waals surface area contributed by atoms with Crippen LogP contribution in [0.25, 0.3) is 0 Å². The van der Waals surface area contributed by atoms with Crippen LogP contribution in [0.15, 0.2) is 12.3 Å². The fraction of sp³-hybridized carbons (Fsp3) is 0.714. The molecule has 0 radical (unpaired) electrons. The van der Waals surface area contributed by atoms with Gasteiger partial charge in [-0.25, -0.2) is 4.68 Å². The van der Waals surface area contributed by atoms with Crippen molar-refractivity contribution in [3.63, 3.8) is 0 Å². The predicted molar refractivity (Wildman–Crippen MR) is 79.4 cm³/mol. The summed E-state index contributed by atoms with van der Waals surface area (Å²) in [7, 11) is 1.97. The lowest BCUT2D eigenvalue weighted by atomic mass is 10.1. The Labute approximate surface area is 120 Å². The average Bonchev–Trinajstić information content (AvgIpc) is 3.08. The molecule has 0 spiro atoms. The third-order valence-corrected chi connectivity index (χ3v) is 3.79. The molecule has 1 saturated carbocycles. The van der Waals surface area contributed by atoms with Gasteiger partial charge in [-0.2, -0.15) is 5.10 Å². The number of amides is 1. The Morgan fingerprint density at radius 1 is 1.60 bits per heavy atom. The van der Waals surface area contributed by atoms with Crippen LogP contribution < -0.4 is 11.1 Å². The summed E-state index contributed by atoms with van der Waals surface area (Å²) < 4.78 is 1.80. The third-order valence-electron chi connectivity index (χ3n) is 3.79. The molecule has 1 atom stereocenters. The Kier molecular flexibility index (Phi) is 4.77. The number of anilines is 1. The first-order valence-corrected chi connectivity index (χ1v) is 7.26. The largest absolute Gasteiger partial charge is 0.329 e. The van der Waals surface area contributed by atoms with Crippen molar-refractivity contribution in [2.45, 2.75) is 38.8 Å². The molecule has 0 aliphatic heterocycles. The lowest BCUT2D eigenvalue weighted by molar-refractivity contribution is -0.117. The van der Waals surface area contributed by atoms with Gasteiger partial charge in [0, 0.05) is 24.7 Å². The topological polar surface area (TPSA) is 76.2 Å². The summed E-state index contributed by atoms with van der Waals surface area (Å²) in [6.45, 7) is 5.04. The Hall–Kier alpha value is -1.40. The van der Waals surface area contributed by atoms with Gasteiger partial charge in [-0.3, -0.25) is 9.69 Å². The van der Waals surface area contributed by atoms with Crippen molar-refractivity contribution in [2.24, 2.45) is 11.7 Å². The minimum absolute atomic E-state index is 0.0194. The summed E-state index contributed by atoms with van der Waals surface area (Å²) in [6, 6.07) is 2.36. The molecule has 20 heavy (non-hydrogen) atoms. The Balaban J connectivity index is 1.89. The van der Waals surface area contributed by atoms with E-state index < -0.39 is 0 Å². The van der Waals surface area contributed by atoms with E-state index in [2.05, 4.69) is 15.3 Å². The van der Waals surface area contributed by atoms with E-state index in [4.69, 9.17) is 5.73 Å². The maximum absolute atomic E-state index is 12.1. The standard InChI is InChI=1S/C14H25N5O/c1-10(2)19-13(6-7-16-19)17-14(20)9-18(3)12(8-15)11-4-5-11/h6-7,10-12H,4-5,8-9,15H2,1-3H3,(H,17,20). The molecule has 6 nitrogen and oxygen atoms in total. The highest BCUT2D eigenvalue weighted by Gasteiger charge is 2.33. The Bertz CT molecular complexity index is 452. The van der Waals surface area contributed by atoms with E-state index in [1.807, 2.05) is 27.0 Å². The van der Waals surface area contributed by atoms with E-state index in [0.717, 1.165) is 5.82 Å². The third kappa shape index (κ3) is 3.58. The first-order chi connectivity index (χ1) is 9.52. The van der Waals surface area contributed by atoms with Gasteiger partial charge in [0.2, 0.25) is 5.91 Å². The van der Waals surface area contributed by atoms with Crippen LogP contribution in [0.2, 0.25) is 0 Å². The first-order valence-electron chi connectivity index (χ1n) is 7.26. The Morgan fingerprint density at radius 2 is 2.30 bits per heavy atom. The van der Waals surface area contributed by atoms with Crippen molar-refractivity contribution in [2.75, 3.05) is 25.5 Å². The predicted octanol–water partition coefficient (Wildman–Crippen LogP) is 1.07. The van der Waals surface area contributed by atoms with Gasteiger partial charge in [-0.1, -0.05) is 0 Å². The summed E-state index contributed by atoms with van der Waals surface area (Å²) in [6.07, 6.45) is 4.16. The lowest BCUT2D eigenvalue weighted by Crippen LogP contribution is -2.43. The molecule has 2 rings (SSSR count). The summed E-state index contributed by atoms with van der Waals surface area (Å²) in [4.78, 5) is 14.2. The monoisotopic (exact) mass is 279 g/mol. The zero-order valence-corrected chi connectivity index (χ0v) is 12.5. The van der Waals surface area contributed by atoms with Crippen LogP contribution in [0.4, 0.5) is 5.82 Å². The second-order valence-corrected chi connectivity index (χ2v) is 5.86. The SMILES string of the molecule is CC(C)n1nccc1NC(=O)CN(C)C(CN)C1CC1. The van der Waals surface area contributed by atoms with Gasteiger partial charge < -0.3 is 11.1 Å². The van der Waals surface area contributed by atoms with Gasteiger partial charge in [0.05, 0.1) is 12.7 Å². The summed E-state index contributed by atoms with van der Waals surface area (Å²) >= 11 is 0. The van der Waals surface area contributed by atoms with Crippen molar-refractivity contribution < 1.29 is 4.79 Å². The second kappa shape index (κ2) is 6.37. The maximum atomic E-state index is 12.1. The van der Waals surface area contributed by atoms with E-state index in [1.165, 1.54) is 12.8 Å². The van der Waals surface area contributed by atoms with Crippen LogP contribution in [0, 0.1) is 5.92 Å². The highest BCUT2D eigenvalue weighted by Crippen LogP contribution is 2.34. The van der Waals surface area contributed by atoms with E-state index in [0.29, 0.717) is 25.0 Å². The number of aromatic nitrogens is 2. The van der Waals surface area contributed by atoms with Crippen molar-refractivity contribution in [1.29, 1.82) is 0 Å². The van der Waals surface area contributed by atoms with Crippen molar-refractivity contribution in [3.05, 3.63) is 12.3 Å². The Morgan fingerprint density at radius 3 is 2.85 bits per heavy atom. The molecular formula is C14H25N5O. The fourth-order valence-corrected chi connectivity index (χ4v) is 2.56. The highest BCUT2D eigenvalue weighted by molar-refractivity contribution is 5.91. The average molecular weight is 279 g/mol. The van der Waals surface area contributed by atoms with Crippen LogP contribution in [0.3, 0.4) is 0 Å². The molecule has 1 fully saturated rings. The van der Waals surface area contributed by atoms with Crippen LogP contribution >= 0.6 is 0 Å². The molecule has 1 aliphatic carbocycles. The quantitative estimate of drug-likeness (QED) is 0.783. The van der Waals surface area contributed by atoms with E-state index in [9.17, 15) is 4.79 Å². The van der Waals surface area contributed by atoms with Gasteiger partial charge in [0.1, 0.15) is 5.82 Å². The molecule has 1 aromatic rings. The fourth-order valence-electron chi connectivity index (χ4n) is 2.56. The zero-order chi connectivity index (χ0) is 14.7. The molecule has 0 saturated heterocycles. The highest BCUT2D eigenvalue weighted by atomic mass is 16.2. The molecule has 1 aromatic heterocycles. The number of nitrogens with one attached hydrogen (secondary N) is 1. The maximum Gasteiger partial charge on any atom is 0.239 e. The lowest BCUT2D eigenvalue weighted by Gasteiger charge is -2.26. The number of carbonyl (C=O) groups is 1. The van der Waals surface area contributed by atoms with Gasteiger partial charge in [0.15, 0.2) is 0 Å². The molecule has 1 aliphatic rings. The molecule has 1 heterocycles. The second-order valence-electron chi connectivity index (χ2n) is 5.86. The van der Waals surface area contributed by atoms with Gasteiger partial charge >= 0.3 is 0 Å². The molecule has 0 bridgehead atoms. The summed E-state index contributed by atoms with van der Waals surface area (Å²) in [5, 5.41) is 7.13. The zero-order valence-electron chi connectivity index (χ0n) is 12.5. The van der Waals surface area contributed by atoms with Crippen molar-refractivity contribution in [1.82, 2.24) is 14.7 Å². The molecule has 3 N–H and O–H groups in total. The molecule has 0 aromatic carbocycles. The number of carbonyl (C=O) groups excluding carboxylic acids is 1. The number of likely N-dealkylation sites (N-methyl/N-ethyl adjacent to an activating group) is 1. The number of nitrogens with two attached hydrogens (primary N) is 1. The normalized spacial score (nSPS) is 16.7. The van der Waals surface area contributed by atoms with Crippen LogP contribution in [0.5, 0.6) is 0 Å². The summed E-state index contributed by atoms with van der Waals surface area (Å²) in [5.41, 5.74) is 5.80. The van der Waals surface area contributed by atoms with E-state index in [-0.39, 0.29) is 11.9 Å². The van der Waals surface area contributed by atoms with Gasteiger partial charge in [0.25, 0.3) is 0 Å². The van der Waals surface area contributed by atoms with Gasteiger partial charge in [-0.05, 0) is 39.7 Å². The van der Waals surface area contributed by atoms with Crippen LogP contribution in [-0.4, -0.2) is 46.8 Å². The van der Waals surface area contributed by atoms with Gasteiger partial charge in [-0.15, -0.1) is 0 Å². The minimum Gasteiger partial charge on any atom is -0.329 e. The number of hydrogen-bond acceptors (Lipinski definition) is 4. The molecule has 112 valence electrons. The molecule has 6 heteroatoms. The van der Waals surface area contributed by atoms with Crippen LogP contribution in [-0.2, 0) is 4.79 Å². The van der Waals surface area contributed by atoms with E-state index in [1.54, 1.807) is 10.9 Å². The number of nitrogens with zero attached hydrogens (tertiary/aromatic N) is 3. The molecule has 1 amide bonds. The van der Waals surface area contributed by atoms with Crippen molar-refractivity contribution in [3.8, 4) is 0 Å². The first kappa shape index (κ1) is 15.0. The van der Waals surface area contributed by atoms with E-state index >= 15 is 0 Å². The number of hydrogen-bond donors (Lipinski definition) is 2. The number of rotatable bonds is 7. The minimum atomic E-state index is -0.0194. The molecular weight excluding hydrogens is 254 g/mol. The molecule has 1 unspecified atom stereocenters. The van der Waals surface area contributed by atoms with Crippen LogP contribution in [0.1, 0.15) is 32.7 Å². The smallest absolute Gasteiger partial charge is 0.239 e. The summed E-state index contributed by atoms with van der Waals surface area (Å²) in [5.74, 6) is 1.39.